The quantitative estimate of drug-likeness (QED) is 0.554. The van der Waals surface area contributed by atoms with E-state index in [4.69, 9.17) is 21.3 Å². The van der Waals surface area contributed by atoms with Crippen molar-refractivity contribution in [2.24, 2.45) is 5.92 Å². The van der Waals surface area contributed by atoms with Gasteiger partial charge in [0.1, 0.15) is 5.60 Å². The highest BCUT2D eigenvalue weighted by atomic mass is 35.5. The van der Waals surface area contributed by atoms with Gasteiger partial charge in [-0.3, -0.25) is 0 Å². The predicted molar refractivity (Wildman–Crippen MR) is 129 cm³/mol. The van der Waals surface area contributed by atoms with Crippen LogP contribution in [0.2, 0.25) is 5.02 Å². The minimum atomic E-state index is -0.492. The SMILES string of the molecule is CC(C)(C)OC(=O)NC[C@H]1CCCN(c2nc3ccccc3n2Cc2cccc(Cl)c2)C1. The maximum Gasteiger partial charge on any atom is 0.407 e. The summed E-state index contributed by atoms with van der Waals surface area (Å²) >= 11 is 6.23. The Kier molecular flexibility index (Phi) is 6.60. The van der Waals surface area contributed by atoms with Crippen molar-refractivity contribution in [1.29, 1.82) is 0 Å². The van der Waals surface area contributed by atoms with E-state index in [-0.39, 0.29) is 6.09 Å². The molecule has 7 heteroatoms. The Bertz CT molecular complexity index is 1090. The lowest BCUT2D eigenvalue weighted by Crippen LogP contribution is -2.43. The maximum atomic E-state index is 12.1. The van der Waals surface area contributed by atoms with Crippen molar-refractivity contribution < 1.29 is 9.53 Å². The van der Waals surface area contributed by atoms with E-state index in [1.807, 2.05) is 51.1 Å². The normalized spacial score (nSPS) is 16.9. The van der Waals surface area contributed by atoms with E-state index in [9.17, 15) is 4.79 Å². The summed E-state index contributed by atoms with van der Waals surface area (Å²) in [5.74, 6) is 1.31. The van der Waals surface area contributed by atoms with Crippen LogP contribution in [-0.2, 0) is 11.3 Å². The smallest absolute Gasteiger partial charge is 0.407 e. The Morgan fingerprint density at radius 2 is 2.03 bits per heavy atom. The first-order valence-corrected chi connectivity index (χ1v) is 11.6. The number of carbonyl (C=O) groups excluding carboxylic acids is 1. The second kappa shape index (κ2) is 9.41. The second-order valence-corrected chi connectivity index (χ2v) is 9.89. The van der Waals surface area contributed by atoms with E-state index >= 15 is 0 Å². The average molecular weight is 455 g/mol. The number of carbonyl (C=O) groups is 1. The molecule has 0 unspecified atom stereocenters. The molecule has 4 rings (SSSR count). The first-order valence-electron chi connectivity index (χ1n) is 11.2. The number of rotatable bonds is 5. The van der Waals surface area contributed by atoms with Crippen molar-refractivity contribution in [2.45, 2.75) is 45.8 Å². The van der Waals surface area contributed by atoms with Crippen molar-refractivity contribution in [3.63, 3.8) is 0 Å². The predicted octanol–water partition coefficient (Wildman–Crippen LogP) is 5.48. The van der Waals surface area contributed by atoms with Gasteiger partial charge in [0.2, 0.25) is 5.95 Å². The monoisotopic (exact) mass is 454 g/mol. The lowest BCUT2D eigenvalue weighted by molar-refractivity contribution is 0.0517. The number of hydrogen-bond donors (Lipinski definition) is 1. The average Bonchev–Trinajstić information content (AvgIpc) is 3.10. The van der Waals surface area contributed by atoms with E-state index in [0.29, 0.717) is 19.0 Å². The van der Waals surface area contributed by atoms with Crippen LogP contribution in [0.1, 0.15) is 39.2 Å². The zero-order chi connectivity index (χ0) is 22.7. The highest BCUT2D eigenvalue weighted by molar-refractivity contribution is 6.30. The summed E-state index contributed by atoms with van der Waals surface area (Å²) in [6.07, 6.45) is 1.77. The molecule has 1 atom stereocenters. The number of nitrogens with one attached hydrogen (secondary N) is 1. The number of halogens is 1. The summed E-state index contributed by atoms with van der Waals surface area (Å²) in [7, 11) is 0. The molecule has 0 radical (unpaired) electrons. The summed E-state index contributed by atoms with van der Waals surface area (Å²) in [6, 6.07) is 16.2. The van der Waals surface area contributed by atoms with Gasteiger partial charge in [0.15, 0.2) is 0 Å². The fraction of sp³-hybridized carbons (Fsp3) is 0.440. The molecular formula is C25H31ClN4O2. The number of amides is 1. The first kappa shape index (κ1) is 22.5. The minimum Gasteiger partial charge on any atom is -0.444 e. The topological polar surface area (TPSA) is 59.4 Å². The third-order valence-electron chi connectivity index (χ3n) is 5.60. The van der Waals surface area contributed by atoms with Gasteiger partial charge < -0.3 is 19.5 Å². The molecule has 32 heavy (non-hydrogen) atoms. The molecule has 6 nitrogen and oxygen atoms in total. The van der Waals surface area contributed by atoms with E-state index in [2.05, 4.69) is 33.0 Å². The van der Waals surface area contributed by atoms with Crippen molar-refractivity contribution in [3.05, 3.63) is 59.1 Å². The molecule has 0 bridgehead atoms. The van der Waals surface area contributed by atoms with E-state index in [1.54, 1.807) is 0 Å². The fourth-order valence-electron chi connectivity index (χ4n) is 4.23. The Morgan fingerprint density at radius 1 is 1.22 bits per heavy atom. The van der Waals surface area contributed by atoms with Crippen molar-refractivity contribution in [2.75, 3.05) is 24.5 Å². The van der Waals surface area contributed by atoms with Crippen LogP contribution in [0.4, 0.5) is 10.7 Å². The number of ether oxygens (including phenoxy) is 1. The van der Waals surface area contributed by atoms with Gasteiger partial charge in [-0.15, -0.1) is 0 Å². The largest absolute Gasteiger partial charge is 0.444 e. The van der Waals surface area contributed by atoms with Crippen LogP contribution in [0.5, 0.6) is 0 Å². The Hall–Kier alpha value is -2.73. The number of fused-ring (bicyclic) bond motifs is 1. The third-order valence-corrected chi connectivity index (χ3v) is 5.84. The van der Waals surface area contributed by atoms with Crippen LogP contribution in [0.25, 0.3) is 11.0 Å². The van der Waals surface area contributed by atoms with Crippen LogP contribution in [-0.4, -0.2) is 40.9 Å². The lowest BCUT2D eigenvalue weighted by Gasteiger charge is -2.34. The van der Waals surface area contributed by atoms with Gasteiger partial charge in [0, 0.05) is 24.7 Å². The Balaban J connectivity index is 1.53. The number of benzene rings is 2. The second-order valence-electron chi connectivity index (χ2n) is 9.45. The molecule has 2 heterocycles. The summed E-state index contributed by atoms with van der Waals surface area (Å²) < 4.78 is 7.65. The standard InChI is InChI=1S/C25H31ClN4O2/c1-25(2,3)32-24(31)27-15-19-9-7-13-29(16-19)23-28-21-11-4-5-12-22(21)30(23)17-18-8-6-10-20(26)14-18/h4-6,8,10-12,14,19H,7,9,13,15-17H2,1-3H3,(H,27,31)/t19-/m1/s1. The molecular weight excluding hydrogens is 424 g/mol. The third kappa shape index (κ3) is 5.54. The molecule has 2 aromatic carbocycles. The molecule has 1 aromatic heterocycles. The van der Waals surface area contributed by atoms with Crippen LogP contribution in [0, 0.1) is 5.92 Å². The summed E-state index contributed by atoms with van der Waals surface area (Å²) in [6.45, 7) is 8.71. The highest BCUT2D eigenvalue weighted by Gasteiger charge is 2.25. The Labute approximate surface area is 194 Å². The van der Waals surface area contributed by atoms with Crippen LogP contribution in [0.15, 0.2) is 48.5 Å². The van der Waals surface area contributed by atoms with Gasteiger partial charge in [-0.2, -0.15) is 0 Å². The fourth-order valence-corrected chi connectivity index (χ4v) is 4.45. The molecule has 1 fully saturated rings. The molecule has 0 spiro atoms. The van der Waals surface area contributed by atoms with Crippen LogP contribution < -0.4 is 10.2 Å². The molecule has 1 amide bonds. The molecule has 1 aliphatic heterocycles. The number of anilines is 1. The van der Waals surface area contributed by atoms with Gasteiger partial charge in [0.05, 0.1) is 17.6 Å². The number of para-hydroxylation sites is 2. The van der Waals surface area contributed by atoms with Gasteiger partial charge >= 0.3 is 6.09 Å². The number of imidazole rings is 1. The zero-order valence-corrected chi connectivity index (χ0v) is 19.7. The summed E-state index contributed by atoms with van der Waals surface area (Å²) in [5, 5.41) is 3.67. The van der Waals surface area contributed by atoms with E-state index < -0.39 is 5.60 Å². The van der Waals surface area contributed by atoms with Crippen LogP contribution in [0.3, 0.4) is 0 Å². The molecule has 1 aliphatic rings. The molecule has 3 aromatic rings. The number of nitrogens with zero attached hydrogens (tertiary/aromatic N) is 3. The van der Waals surface area contributed by atoms with Gasteiger partial charge in [-0.25, -0.2) is 9.78 Å². The van der Waals surface area contributed by atoms with Crippen molar-refractivity contribution in [3.8, 4) is 0 Å². The lowest BCUT2D eigenvalue weighted by atomic mass is 9.98. The molecule has 1 N–H and O–H groups in total. The first-order chi connectivity index (χ1) is 15.3. The highest BCUT2D eigenvalue weighted by Crippen LogP contribution is 2.28. The number of piperidine rings is 1. The number of aromatic nitrogens is 2. The minimum absolute atomic E-state index is 0.343. The van der Waals surface area contributed by atoms with E-state index in [1.165, 1.54) is 0 Å². The van der Waals surface area contributed by atoms with Crippen LogP contribution >= 0.6 is 11.6 Å². The van der Waals surface area contributed by atoms with E-state index in [0.717, 1.165) is 53.5 Å². The molecule has 170 valence electrons. The zero-order valence-electron chi connectivity index (χ0n) is 19.0. The van der Waals surface area contributed by atoms with Gasteiger partial charge in [-0.05, 0) is 69.4 Å². The number of hydrogen-bond acceptors (Lipinski definition) is 4. The summed E-state index contributed by atoms with van der Waals surface area (Å²) in [5.41, 5.74) is 2.74. The molecule has 0 saturated carbocycles. The molecule has 1 saturated heterocycles. The molecule has 0 aliphatic carbocycles. The van der Waals surface area contributed by atoms with Gasteiger partial charge in [0.25, 0.3) is 0 Å². The van der Waals surface area contributed by atoms with Crippen molar-refractivity contribution in [1.82, 2.24) is 14.9 Å². The van der Waals surface area contributed by atoms with Crippen molar-refractivity contribution >= 4 is 34.7 Å². The maximum absolute atomic E-state index is 12.1. The number of alkyl carbamates (subject to hydrolysis) is 1. The Morgan fingerprint density at radius 3 is 2.81 bits per heavy atom. The van der Waals surface area contributed by atoms with Gasteiger partial charge in [-0.1, -0.05) is 35.9 Å². The summed E-state index contributed by atoms with van der Waals surface area (Å²) in [4.78, 5) is 19.4.